The van der Waals surface area contributed by atoms with Crippen molar-refractivity contribution < 1.29 is 9.47 Å². The Balaban J connectivity index is 1.56. The third kappa shape index (κ3) is 5.13. The number of aromatic amines is 1. The molecule has 2 N–H and O–H groups in total. The first kappa shape index (κ1) is 24.3. The number of nitrogens with one attached hydrogen (secondary N) is 2. The first-order valence-electron chi connectivity index (χ1n) is 12.2. The molecule has 0 saturated carbocycles. The number of allylic oxidation sites excluding steroid dienone is 1. The number of likely N-dealkylation sites (tertiary alicyclic amines) is 1. The quantitative estimate of drug-likeness (QED) is 0.438. The molecule has 1 atom stereocenters. The van der Waals surface area contributed by atoms with Gasteiger partial charge in [0.05, 0.1) is 23.3 Å². The van der Waals surface area contributed by atoms with Crippen LogP contribution in [0, 0.1) is 11.3 Å². The van der Waals surface area contributed by atoms with E-state index in [9.17, 15) is 0 Å². The van der Waals surface area contributed by atoms with Crippen molar-refractivity contribution in [3.8, 4) is 5.88 Å². The summed E-state index contributed by atoms with van der Waals surface area (Å²) in [5.41, 5.74) is 4.94. The van der Waals surface area contributed by atoms with Gasteiger partial charge in [-0.1, -0.05) is 13.8 Å². The van der Waals surface area contributed by atoms with Gasteiger partial charge in [-0.15, -0.1) is 0 Å². The van der Waals surface area contributed by atoms with Crippen LogP contribution in [0.15, 0.2) is 28.2 Å². The van der Waals surface area contributed by atoms with Gasteiger partial charge in [-0.3, -0.25) is 5.41 Å². The summed E-state index contributed by atoms with van der Waals surface area (Å²) in [6.45, 7) is 11.9. The van der Waals surface area contributed by atoms with E-state index in [-0.39, 0.29) is 5.92 Å². The molecule has 0 aliphatic carbocycles. The summed E-state index contributed by atoms with van der Waals surface area (Å²) in [6.07, 6.45) is 6.68. The van der Waals surface area contributed by atoms with Gasteiger partial charge in [0, 0.05) is 36.6 Å². The minimum Gasteiger partial charge on any atom is -0.477 e. The monoisotopic (exact) mass is 464 g/mol. The Bertz CT molecular complexity index is 1110. The SMILES string of the molecule is COC1C=C(c2[nH]c3ccc(OCC4CCN(C(C)C)CC4)nc3c2C(C)C)C=NC1=NC=N. The molecule has 4 heterocycles. The molecule has 0 amide bonds. The molecule has 8 nitrogen and oxygen atoms in total. The number of methoxy groups -OCH3 is 1. The number of aromatic nitrogens is 2. The molecule has 4 rings (SSSR count). The minimum atomic E-state index is -0.401. The fourth-order valence-corrected chi connectivity index (χ4v) is 4.76. The number of piperidine rings is 1. The molecule has 2 aromatic heterocycles. The number of pyridine rings is 1. The summed E-state index contributed by atoms with van der Waals surface area (Å²) in [5.74, 6) is 1.97. The second-order valence-corrected chi connectivity index (χ2v) is 9.65. The molecule has 1 saturated heterocycles. The fraction of sp³-hybridized carbons (Fsp3) is 0.538. The van der Waals surface area contributed by atoms with E-state index in [1.54, 1.807) is 13.3 Å². The van der Waals surface area contributed by atoms with Crippen molar-refractivity contribution in [1.29, 1.82) is 5.41 Å². The highest BCUT2D eigenvalue weighted by Gasteiger charge is 2.24. The van der Waals surface area contributed by atoms with Crippen LogP contribution in [-0.2, 0) is 4.74 Å². The second-order valence-electron chi connectivity index (χ2n) is 9.65. The molecule has 2 aromatic rings. The Morgan fingerprint density at radius 1 is 1.24 bits per heavy atom. The van der Waals surface area contributed by atoms with Crippen LogP contribution in [0.25, 0.3) is 16.6 Å². The molecule has 1 unspecified atom stereocenters. The Hall–Kier alpha value is -2.84. The van der Waals surface area contributed by atoms with E-state index in [0.717, 1.165) is 47.3 Å². The first-order valence-corrected chi connectivity index (χ1v) is 12.2. The number of fused-ring (bicyclic) bond motifs is 1. The minimum absolute atomic E-state index is 0.249. The van der Waals surface area contributed by atoms with Gasteiger partial charge in [0.1, 0.15) is 12.4 Å². The summed E-state index contributed by atoms with van der Waals surface area (Å²) < 4.78 is 11.7. The largest absolute Gasteiger partial charge is 0.477 e. The van der Waals surface area contributed by atoms with E-state index in [0.29, 0.717) is 30.3 Å². The molecule has 1 fully saturated rings. The fourth-order valence-electron chi connectivity index (χ4n) is 4.76. The normalized spacial score (nSPS) is 21.1. The third-order valence-corrected chi connectivity index (χ3v) is 6.74. The second kappa shape index (κ2) is 10.6. The smallest absolute Gasteiger partial charge is 0.213 e. The van der Waals surface area contributed by atoms with Crippen LogP contribution in [-0.4, -0.2) is 72.2 Å². The average molecular weight is 465 g/mol. The maximum absolute atomic E-state index is 7.24. The molecule has 2 aliphatic rings. The molecule has 0 radical (unpaired) electrons. The highest BCUT2D eigenvalue weighted by atomic mass is 16.5. The van der Waals surface area contributed by atoms with Crippen LogP contribution in [0.4, 0.5) is 0 Å². The van der Waals surface area contributed by atoms with E-state index in [4.69, 9.17) is 19.9 Å². The molecule has 34 heavy (non-hydrogen) atoms. The Morgan fingerprint density at radius 3 is 2.65 bits per heavy atom. The summed E-state index contributed by atoms with van der Waals surface area (Å²) in [5, 5.41) is 7.24. The molecule has 0 spiro atoms. The summed E-state index contributed by atoms with van der Waals surface area (Å²) in [7, 11) is 1.62. The number of ether oxygens (including phenoxy) is 2. The summed E-state index contributed by atoms with van der Waals surface area (Å²) in [4.78, 5) is 19.4. The van der Waals surface area contributed by atoms with Crippen molar-refractivity contribution >= 4 is 35.0 Å². The number of rotatable bonds is 8. The van der Waals surface area contributed by atoms with Crippen molar-refractivity contribution in [2.24, 2.45) is 15.9 Å². The van der Waals surface area contributed by atoms with Gasteiger partial charge < -0.3 is 19.4 Å². The van der Waals surface area contributed by atoms with Gasteiger partial charge in [-0.2, -0.15) is 0 Å². The Kier molecular flexibility index (Phi) is 7.58. The van der Waals surface area contributed by atoms with Gasteiger partial charge in [-0.25, -0.2) is 15.0 Å². The zero-order valence-corrected chi connectivity index (χ0v) is 20.8. The molecule has 182 valence electrons. The highest BCUT2D eigenvalue weighted by molar-refractivity contribution is 6.19. The Labute approximate surface area is 201 Å². The lowest BCUT2D eigenvalue weighted by Crippen LogP contribution is -2.39. The highest BCUT2D eigenvalue weighted by Crippen LogP contribution is 2.34. The van der Waals surface area contributed by atoms with E-state index in [1.807, 2.05) is 18.2 Å². The number of hydrogen-bond donors (Lipinski definition) is 2. The predicted molar refractivity (Wildman–Crippen MR) is 139 cm³/mol. The molecular formula is C26H36N6O2. The van der Waals surface area contributed by atoms with Crippen LogP contribution < -0.4 is 4.74 Å². The van der Waals surface area contributed by atoms with Crippen LogP contribution >= 0.6 is 0 Å². The van der Waals surface area contributed by atoms with Crippen LogP contribution in [0.2, 0.25) is 0 Å². The maximum atomic E-state index is 7.24. The lowest BCUT2D eigenvalue weighted by atomic mass is 9.96. The molecular weight excluding hydrogens is 428 g/mol. The lowest BCUT2D eigenvalue weighted by Gasteiger charge is -2.34. The van der Waals surface area contributed by atoms with Crippen LogP contribution in [0.3, 0.4) is 0 Å². The number of hydrogen-bond acceptors (Lipinski definition) is 5. The zero-order valence-electron chi connectivity index (χ0n) is 20.8. The lowest BCUT2D eigenvalue weighted by molar-refractivity contribution is 0.117. The van der Waals surface area contributed by atoms with Gasteiger partial charge >= 0.3 is 0 Å². The average Bonchev–Trinajstić information content (AvgIpc) is 3.22. The van der Waals surface area contributed by atoms with Crippen molar-refractivity contribution in [3.05, 3.63) is 29.5 Å². The van der Waals surface area contributed by atoms with Crippen molar-refractivity contribution in [2.75, 3.05) is 26.8 Å². The van der Waals surface area contributed by atoms with E-state index < -0.39 is 6.10 Å². The van der Waals surface area contributed by atoms with Gasteiger partial charge in [0.2, 0.25) is 5.88 Å². The standard InChI is InChI=1S/C26H36N6O2/c1-16(2)23-24(19-12-21(33-5)26(28-13-19)29-15-27)30-20-6-7-22(31-25(20)23)34-14-18-8-10-32(11-9-18)17(3)4/h6-7,12-13,15-18,21,27,30H,8-11,14H2,1-5H3. The van der Waals surface area contributed by atoms with E-state index in [2.05, 4.69) is 47.6 Å². The van der Waals surface area contributed by atoms with Gasteiger partial charge in [-0.05, 0) is 63.8 Å². The van der Waals surface area contributed by atoms with Crippen LogP contribution in [0.5, 0.6) is 5.88 Å². The molecule has 0 bridgehead atoms. The summed E-state index contributed by atoms with van der Waals surface area (Å²) >= 11 is 0. The maximum Gasteiger partial charge on any atom is 0.213 e. The topological polar surface area (TPSA) is 98.9 Å². The molecule has 2 aliphatic heterocycles. The van der Waals surface area contributed by atoms with Crippen molar-refractivity contribution in [3.63, 3.8) is 0 Å². The van der Waals surface area contributed by atoms with E-state index in [1.165, 1.54) is 12.8 Å². The van der Waals surface area contributed by atoms with Crippen LogP contribution in [0.1, 0.15) is 57.7 Å². The van der Waals surface area contributed by atoms with Crippen molar-refractivity contribution in [1.82, 2.24) is 14.9 Å². The number of dihydropyridines is 1. The summed E-state index contributed by atoms with van der Waals surface area (Å²) in [6, 6.07) is 4.61. The number of H-pyrrole nitrogens is 1. The number of amidine groups is 1. The van der Waals surface area contributed by atoms with Gasteiger partial charge in [0.15, 0.2) is 5.84 Å². The molecule has 8 heteroatoms. The van der Waals surface area contributed by atoms with Crippen molar-refractivity contribution in [2.45, 2.75) is 58.6 Å². The number of nitrogens with zero attached hydrogens (tertiary/aromatic N) is 4. The predicted octanol–water partition coefficient (Wildman–Crippen LogP) is 4.67. The molecule has 0 aromatic carbocycles. The van der Waals surface area contributed by atoms with E-state index >= 15 is 0 Å². The zero-order chi connectivity index (χ0) is 24.2. The number of aliphatic imine (C=N–C) groups is 2. The first-order chi connectivity index (χ1) is 16.4. The van der Waals surface area contributed by atoms with Gasteiger partial charge in [0.25, 0.3) is 0 Å². The Morgan fingerprint density at radius 2 is 2.00 bits per heavy atom. The third-order valence-electron chi connectivity index (χ3n) is 6.74.